The van der Waals surface area contributed by atoms with Crippen molar-refractivity contribution >= 4 is 22.5 Å². The van der Waals surface area contributed by atoms with E-state index in [9.17, 15) is 4.79 Å². The van der Waals surface area contributed by atoms with Crippen LogP contribution in [0.1, 0.15) is 6.42 Å². The number of hydrogen-bond acceptors (Lipinski definition) is 3. The molecule has 5 nitrogen and oxygen atoms in total. The molecule has 1 amide bonds. The Bertz CT molecular complexity index is 609. The van der Waals surface area contributed by atoms with E-state index in [0.717, 1.165) is 10.9 Å². The number of benzene rings is 1. The first kappa shape index (κ1) is 12.0. The molecule has 3 N–H and O–H groups in total. The summed E-state index contributed by atoms with van der Waals surface area (Å²) in [4.78, 5) is 11.6. The van der Waals surface area contributed by atoms with Crippen molar-refractivity contribution in [3.63, 3.8) is 0 Å². The van der Waals surface area contributed by atoms with Gasteiger partial charge in [-0.1, -0.05) is 6.07 Å². The summed E-state index contributed by atoms with van der Waals surface area (Å²) in [5.41, 5.74) is 7.49. The minimum absolute atomic E-state index is 0.106. The first-order valence-corrected chi connectivity index (χ1v) is 5.69. The summed E-state index contributed by atoms with van der Waals surface area (Å²) in [7, 11) is 0. The summed E-state index contributed by atoms with van der Waals surface area (Å²) in [6.45, 7) is 0.620. The van der Waals surface area contributed by atoms with Gasteiger partial charge in [0, 0.05) is 23.8 Å². The van der Waals surface area contributed by atoms with Crippen molar-refractivity contribution in [3.8, 4) is 6.07 Å². The summed E-state index contributed by atoms with van der Waals surface area (Å²) in [6, 6.07) is 9.50. The quantitative estimate of drug-likeness (QED) is 0.625. The highest BCUT2D eigenvalue weighted by molar-refractivity contribution is 5.92. The van der Waals surface area contributed by atoms with E-state index in [2.05, 4.69) is 5.32 Å². The Morgan fingerprint density at radius 1 is 1.44 bits per heavy atom. The van der Waals surface area contributed by atoms with Gasteiger partial charge in [-0.3, -0.25) is 4.79 Å². The number of nitrogens with zero attached hydrogens (tertiary/aromatic N) is 2. The molecule has 0 aliphatic rings. The van der Waals surface area contributed by atoms with Crippen LogP contribution in [0, 0.1) is 11.3 Å². The molecule has 92 valence electrons. The largest absolute Gasteiger partial charge is 0.398 e. The monoisotopic (exact) mass is 242 g/mol. The number of amides is 1. The van der Waals surface area contributed by atoms with Gasteiger partial charge in [0.25, 0.3) is 0 Å². The Morgan fingerprint density at radius 3 is 3.06 bits per heavy atom. The van der Waals surface area contributed by atoms with Gasteiger partial charge in [-0.25, -0.2) is 0 Å². The zero-order chi connectivity index (χ0) is 13.0. The standard InChI is InChI=1S/C13H14N4O/c14-6-2-7-16-13(18)9-17-8-5-10-11(15)3-1-4-12(10)17/h1,3-5,8H,2,7,9,15H2,(H,16,18). The third kappa shape index (κ3) is 2.43. The molecule has 0 spiro atoms. The number of nitrogens with one attached hydrogen (secondary N) is 1. The maximum atomic E-state index is 11.6. The molecule has 0 unspecified atom stereocenters. The topological polar surface area (TPSA) is 83.8 Å². The lowest BCUT2D eigenvalue weighted by molar-refractivity contribution is -0.121. The molecule has 0 saturated carbocycles. The molecule has 0 atom stereocenters. The average Bonchev–Trinajstić information content (AvgIpc) is 2.74. The second-order valence-corrected chi connectivity index (χ2v) is 3.98. The molecule has 0 fully saturated rings. The normalized spacial score (nSPS) is 10.2. The maximum absolute atomic E-state index is 11.6. The van der Waals surface area contributed by atoms with E-state index < -0.39 is 0 Å². The van der Waals surface area contributed by atoms with E-state index in [1.54, 1.807) is 0 Å². The molecule has 0 bridgehead atoms. The number of rotatable bonds is 4. The molecule has 18 heavy (non-hydrogen) atoms. The lowest BCUT2D eigenvalue weighted by atomic mass is 10.2. The van der Waals surface area contributed by atoms with Crippen LogP contribution in [0.3, 0.4) is 0 Å². The Kier molecular flexibility index (Phi) is 3.49. The highest BCUT2D eigenvalue weighted by Crippen LogP contribution is 2.21. The molecule has 2 rings (SSSR count). The predicted octanol–water partition coefficient (Wildman–Crippen LogP) is 1.25. The second kappa shape index (κ2) is 5.23. The van der Waals surface area contributed by atoms with Gasteiger partial charge < -0.3 is 15.6 Å². The minimum atomic E-state index is -0.106. The number of nitrogens with two attached hydrogens (primary N) is 1. The molecule has 0 radical (unpaired) electrons. The Morgan fingerprint density at radius 2 is 2.28 bits per heavy atom. The van der Waals surface area contributed by atoms with Crippen molar-refractivity contribution in [3.05, 3.63) is 30.5 Å². The molecule has 1 aromatic heterocycles. The van der Waals surface area contributed by atoms with E-state index in [1.807, 2.05) is 41.1 Å². The Hall–Kier alpha value is -2.48. The SMILES string of the molecule is N#CCCNC(=O)Cn1ccc2c(N)cccc21. The number of nitrogen functional groups attached to an aromatic ring is 1. The van der Waals surface area contributed by atoms with Gasteiger partial charge in [0.15, 0.2) is 0 Å². The predicted molar refractivity (Wildman–Crippen MR) is 69.6 cm³/mol. The van der Waals surface area contributed by atoms with Gasteiger partial charge in [0.05, 0.1) is 18.0 Å². The number of aromatic nitrogens is 1. The van der Waals surface area contributed by atoms with Crippen LogP contribution in [0.15, 0.2) is 30.5 Å². The lowest BCUT2D eigenvalue weighted by Gasteiger charge is -2.06. The van der Waals surface area contributed by atoms with Gasteiger partial charge in [0.1, 0.15) is 6.54 Å². The van der Waals surface area contributed by atoms with Gasteiger partial charge >= 0.3 is 0 Å². The molecular weight excluding hydrogens is 228 g/mol. The van der Waals surface area contributed by atoms with Crippen LogP contribution in [0.5, 0.6) is 0 Å². The van der Waals surface area contributed by atoms with Crippen LogP contribution < -0.4 is 11.1 Å². The highest BCUT2D eigenvalue weighted by atomic mass is 16.1. The fourth-order valence-corrected chi connectivity index (χ4v) is 1.85. The zero-order valence-corrected chi connectivity index (χ0v) is 9.89. The Labute approximate surface area is 105 Å². The van der Waals surface area contributed by atoms with Crippen LogP contribution in [-0.2, 0) is 11.3 Å². The van der Waals surface area contributed by atoms with Crippen molar-refractivity contribution in [2.24, 2.45) is 0 Å². The number of fused-ring (bicyclic) bond motifs is 1. The van der Waals surface area contributed by atoms with E-state index in [1.165, 1.54) is 0 Å². The van der Waals surface area contributed by atoms with Crippen molar-refractivity contribution in [2.45, 2.75) is 13.0 Å². The maximum Gasteiger partial charge on any atom is 0.239 e. The molecule has 1 heterocycles. The first-order chi connectivity index (χ1) is 8.72. The van der Waals surface area contributed by atoms with Crippen molar-refractivity contribution in [1.82, 2.24) is 9.88 Å². The van der Waals surface area contributed by atoms with Gasteiger partial charge in [-0.15, -0.1) is 0 Å². The number of hydrogen-bond donors (Lipinski definition) is 2. The van der Waals surface area contributed by atoms with Crippen molar-refractivity contribution in [2.75, 3.05) is 12.3 Å². The second-order valence-electron chi connectivity index (χ2n) is 3.98. The lowest BCUT2D eigenvalue weighted by Crippen LogP contribution is -2.27. The van der Waals surface area contributed by atoms with Crippen molar-refractivity contribution < 1.29 is 4.79 Å². The van der Waals surface area contributed by atoms with Gasteiger partial charge in [-0.05, 0) is 18.2 Å². The van der Waals surface area contributed by atoms with Crippen LogP contribution >= 0.6 is 0 Å². The highest BCUT2D eigenvalue weighted by Gasteiger charge is 2.06. The fraction of sp³-hybridized carbons (Fsp3) is 0.231. The van der Waals surface area contributed by atoms with Gasteiger partial charge in [0.2, 0.25) is 5.91 Å². The van der Waals surface area contributed by atoms with E-state index >= 15 is 0 Å². The number of nitriles is 1. The van der Waals surface area contributed by atoms with Crippen LogP contribution in [-0.4, -0.2) is 17.0 Å². The third-order valence-corrected chi connectivity index (χ3v) is 2.72. The number of carbonyl (C=O) groups excluding carboxylic acids is 1. The fourth-order valence-electron chi connectivity index (χ4n) is 1.85. The van der Waals surface area contributed by atoms with E-state index in [-0.39, 0.29) is 12.5 Å². The van der Waals surface area contributed by atoms with Crippen molar-refractivity contribution in [1.29, 1.82) is 5.26 Å². The molecule has 0 aliphatic carbocycles. The van der Waals surface area contributed by atoms with Crippen LogP contribution in [0.25, 0.3) is 10.9 Å². The number of anilines is 1. The minimum Gasteiger partial charge on any atom is -0.398 e. The van der Waals surface area contributed by atoms with E-state index in [0.29, 0.717) is 18.7 Å². The first-order valence-electron chi connectivity index (χ1n) is 5.69. The summed E-state index contributed by atoms with van der Waals surface area (Å²) in [6.07, 6.45) is 2.16. The summed E-state index contributed by atoms with van der Waals surface area (Å²) in [5.74, 6) is -0.106. The van der Waals surface area contributed by atoms with Crippen LogP contribution in [0.4, 0.5) is 5.69 Å². The Balaban J connectivity index is 2.11. The molecule has 0 saturated heterocycles. The average molecular weight is 242 g/mol. The molecule has 0 aliphatic heterocycles. The molecule has 2 aromatic rings. The summed E-state index contributed by atoms with van der Waals surface area (Å²) in [5, 5.41) is 12.0. The zero-order valence-electron chi connectivity index (χ0n) is 9.89. The van der Waals surface area contributed by atoms with E-state index in [4.69, 9.17) is 11.0 Å². The van der Waals surface area contributed by atoms with Gasteiger partial charge in [-0.2, -0.15) is 5.26 Å². The third-order valence-electron chi connectivity index (χ3n) is 2.72. The smallest absolute Gasteiger partial charge is 0.239 e. The number of carbonyl (C=O) groups is 1. The molecule has 5 heteroatoms. The molecular formula is C13H14N4O. The van der Waals surface area contributed by atoms with Crippen LogP contribution in [0.2, 0.25) is 0 Å². The summed E-state index contributed by atoms with van der Waals surface area (Å²) >= 11 is 0. The molecule has 1 aromatic carbocycles. The summed E-state index contributed by atoms with van der Waals surface area (Å²) < 4.78 is 1.84.